The smallest absolute Gasteiger partial charge is 0.353 e. The molecule has 2 aliphatic rings. The Morgan fingerprint density at radius 3 is 2.46 bits per heavy atom. The summed E-state index contributed by atoms with van der Waals surface area (Å²) in [6, 6.07) is 6.69. The number of alkyl halides is 3. The zero-order chi connectivity index (χ0) is 27.5. The molecule has 39 heavy (non-hydrogen) atoms. The number of hydrogen-bond acceptors (Lipinski definition) is 7. The third-order valence-corrected chi connectivity index (χ3v) is 9.73. The molecular weight excluding hydrogens is 567 g/mol. The molecule has 0 unspecified atom stereocenters. The van der Waals surface area contributed by atoms with Gasteiger partial charge in [0.05, 0.1) is 16.1 Å². The van der Waals surface area contributed by atoms with Crippen LogP contribution in [0.4, 0.5) is 19.0 Å². The van der Waals surface area contributed by atoms with Crippen molar-refractivity contribution in [2.45, 2.75) is 49.5 Å². The molecule has 3 atom stereocenters. The van der Waals surface area contributed by atoms with Gasteiger partial charge < -0.3 is 10.2 Å². The Morgan fingerprint density at radius 2 is 1.82 bits per heavy atom. The van der Waals surface area contributed by atoms with Crippen LogP contribution in [0.1, 0.15) is 30.9 Å². The SMILES string of the molecule is C[C@@H]1CN(c2nc(=O)n3c4c(c(-c5cc(Cl)cs5)c(C(F)(F)F)cc24)SC[C@@H](c2ccncc2)C3)C[C@H](C)N1. The predicted molar refractivity (Wildman–Crippen MR) is 151 cm³/mol. The number of benzene rings is 1. The number of nitrogens with zero attached hydrogens (tertiary/aromatic N) is 4. The van der Waals surface area contributed by atoms with Crippen molar-refractivity contribution >= 4 is 51.4 Å². The first kappa shape index (κ1) is 26.6. The van der Waals surface area contributed by atoms with Crippen LogP contribution in [0.3, 0.4) is 0 Å². The molecular formula is C27H25ClF3N5OS2. The van der Waals surface area contributed by atoms with Gasteiger partial charge in [0.1, 0.15) is 5.82 Å². The molecule has 2 aliphatic heterocycles. The van der Waals surface area contributed by atoms with E-state index >= 15 is 0 Å². The lowest BCUT2D eigenvalue weighted by molar-refractivity contribution is -0.137. The Labute approximate surface area is 236 Å². The number of aromatic nitrogens is 3. The number of halogens is 4. The molecule has 0 radical (unpaired) electrons. The first-order valence-corrected chi connectivity index (χ1v) is 14.8. The molecule has 0 spiro atoms. The second-order valence-corrected chi connectivity index (χ2v) is 12.5. The Kier molecular flexibility index (Phi) is 6.89. The molecule has 0 saturated carbocycles. The van der Waals surface area contributed by atoms with E-state index in [0.717, 1.165) is 5.56 Å². The van der Waals surface area contributed by atoms with Gasteiger partial charge in [0.15, 0.2) is 0 Å². The van der Waals surface area contributed by atoms with Crippen LogP contribution in [0.2, 0.25) is 5.02 Å². The highest BCUT2D eigenvalue weighted by Gasteiger charge is 2.39. The number of piperazine rings is 1. The molecule has 0 bridgehead atoms. The van der Waals surface area contributed by atoms with E-state index in [1.807, 2.05) is 30.9 Å². The minimum Gasteiger partial charge on any atom is -0.353 e. The molecule has 6 rings (SSSR count). The first-order valence-electron chi connectivity index (χ1n) is 12.6. The Hall–Kier alpha value is -2.60. The summed E-state index contributed by atoms with van der Waals surface area (Å²) < 4.78 is 45.9. The maximum Gasteiger partial charge on any atom is 0.417 e. The Morgan fingerprint density at radius 1 is 1.10 bits per heavy atom. The van der Waals surface area contributed by atoms with Gasteiger partial charge in [0.2, 0.25) is 0 Å². The van der Waals surface area contributed by atoms with Crippen molar-refractivity contribution in [1.29, 1.82) is 0 Å². The summed E-state index contributed by atoms with van der Waals surface area (Å²) in [4.78, 5) is 25.0. The third kappa shape index (κ3) is 4.94. The fraction of sp³-hybridized carbons (Fsp3) is 0.370. The topological polar surface area (TPSA) is 63.1 Å². The largest absolute Gasteiger partial charge is 0.417 e. The van der Waals surface area contributed by atoms with Crippen LogP contribution < -0.4 is 15.9 Å². The van der Waals surface area contributed by atoms with Crippen molar-refractivity contribution in [3.8, 4) is 10.4 Å². The van der Waals surface area contributed by atoms with Crippen molar-refractivity contribution < 1.29 is 13.2 Å². The van der Waals surface area contributed by atoms with Gasteiger partial charge in [0, 0.05) is 81.9 Å². The van der Waals surface area contributed by atoms with E-state index < -0.39 is 17.4 Å². The summed E-state index contributed by atoms with van der Waals surface area (Å²) in [6.07, 6.45) is -1.26. The van der Waals surface area contributed by atoms with E-state index in [4.69, 9.17) is 11.6 Å². The van der Waals surface area contributed by atoms with Gasteiger partial charge in [-0.25, -0.2) is 4.79 Å². The average Bonchev–Trinajstić information content (AvgIpc) is 3.20. The number of thioether (sulfide) groups is 1. The number of hydrogen-bond donors (Lipinski definition) is 1. The monoisotopic (exact) mass is 591 g/mol. The lowest BCUT2D eigenvalue weighted by Crippen LogP contribution is -2.55. The minimum atomic E-state index is -4.63. The summed E-state index contributed by atoms with van der Waals surface area (Å²) in [5.41, 5.74) is 0.324. The number of thiophene rings is 1. The average molecular weight is 592 g/mol. The molecule has 3 aromatic heterocycles. The number of pyridine rings is 1. The maximum absolute atomic E-state index is 14.8. The summed E-state index contributed by atoms with van der Waals surface area (Å²) in [6.45, 7) is 5.39. The molecule has 1 fully saturated rings. The van der Waals surface area contributed by atoms with Gasteiger partial charge in [-0.3, -0.25) is 9.55 Å². The summed E-state index contributed by atoms with van der Waals surface area (Å²) in [5.74, 6) is 0.675. The number of nitrogens with one attached hydrogen (secondary N) is 1. The van der Waals surface area contributed by atoms with E-state index in [2.05, 4.69) is 15.3 Å². The number of rotatable bonds is 3. The third-order valence-electron chi connectivity index (χ3n) is 7.18. The molecule has 6 nitrogen and oxygen atoms in total. The number of anilines is 1. The van der Waals surface area contributed by atoms with Gasteiger partial charge in [-0.05, 0) is 43.7 Å². The van der Waals surface area contributed by atoms with Crippen LogP contribution >= 0.6 is 34.7 Å². The van der Waals surface area contributed by atoms with Crippen LogP contribution in [0.25, 0.3) is 21.3 Å². The standard InChI is InChI=1S/C27H25ClF3N5OS2/c1-14-9-35(10-15(2)33-14)25-19-8-20(27(29,30)31)22(21-7-18(28)13-38-21)24-23(19)36(26(37)34-25)11-17(12-39-24)16-3-5-32-6-4-16/h3-8,13-15,17,33H,9-12H2,1-2H3/t14-,15+,17-/m0/s1. The van der Waals surface area contributed by atoms with Crippen LogP contribution in [0, 0.1) is 0 Å². The Balaban J connectivity index is 1.67. The van der Waals surface area contributed by atoms with Crippen molar-refractivity contribution in [2.75, 3.05) is 23.7 Å². The second-order valence-electron chi connectivity index (χ2n) is 10.1. The van der Waals surface area contributed by atoms with Crippen molar-refractivity contribution in [2.24, 2.45) is 0 Å². The Bertz CT molecular complexity index is 1600. The maximum atomic E-state index is 14.8. The molecule has 0 amide bonds. The van der Waals surface area contributed by atoms with Gasteiger partial charge in [0.25, 0.3) is 0 Å². The summed E-state index contributed by atoms with van der Waals surface area (Å²) in [7, 11) is 0. The van der Waals surface area contributed by atoms with Crippen molar-refractivity contribution in [3.05, 3.63) is 68.7 Å². The molecule has 1 N–H and O–H groups in total. The minimum absolute atomic E-state index is 0.0691. The van der Waals surface area contributed by atoms with E-state index in [0.29, 0.717) is 56.9 Å². The van der Waals surface area contributed by atoms with Gasteiger partial charge in [-0.1, -0.05) is 11.6 Å². The molecule has 1 aromatic carbocycles. The van der Waals surface area contributed by atoms with Crippen molar-refractivity contribution in [1.82, 2.24) is 19.9 Å². The van der Waals surface area contributed by atoms with Gasteiger partial charge in [-0.2, -0.15) is 18.2 Å². The first-order chi connectivity index (χ1) is 18.6. The molecule has 1 saturated heterocycles. The van der Waals surface area contributed by atoms with Crippen LogP contribution in [0.15, 0.2) is 51.7 Å². The highest BCUT2D eigenvalue weighted by atomic mass is 35.5. The van der Waals surface area contributed by atoms with E-state index in [1.54, 1.807) is 28.4 Å². The van der Waals surface area contributed by atoms with Crippen molar-refractivity contribution in [3.63, 3.8) is 0 Å². The quantitative estimate of drug-likeness (QED) is 0.303. The lowest BCUT2D eigenvalue weighted by atomic mass is 9.99. The predicted octanol–water partition coefficient (Wildman–Crippen LogP) is 6.27. The zero-order valence-corrected chi connectivity index (χ0v) is 23.5. The van der Waals surface area contributed by atoms with Crippen LogP contribution in [-0.2, 0) is 12.7 Å². The molecule has 204 valence electrons. The lowest BCUT2D eigenvalue weighted by Gasteiger charge is -2.37. The molecule has 12 heteroatoms. The second kappa shape index (κ2) is 10.1. The highest BCUT2D eigenvalue weighted by molar-refractivity contribution is 7.99. The van der Waals surface area contributed by atoms with Gasteiger partial charge in [-0.15, -0.1) is 23.1 Å². The van der Waals surface area contributed by atoms with E-state index in [1.165, 1.54) is 29.2 Å². The summed E-state index contributed by atoms with van der Waals surface area (Å²) >= 11 is 8.71. The van der Waals surface area contributed by atoms with E-state index in [-0.39, 0.29) is 23.6 Å². The fourth-order valence-corrected chi connectivity index (χ4v) is 8.24. The molecule has 0 aliphatic carbocycles. The van der Waals surface area contributed by atoms with Crippen LogP contribution in [0.5, 0.6) is 0 Å². The normalized spacial score (nSPS) is 21.8. The molecule has 4 aromatic rings. The summed E-state index contributed by atoms with van der Waals surface area (Å²) in [5, 5.41) is 5.78. The highest BCUT2D eigenvalue weighted by Crippen LogP contribution is 2.50. The fourth-order valence-electron chi connectivity index (χ4n) is 5.65. The van der Waals surface area contributed by atoms with Gasteiger partial charge >= 0.3 is 11.9 Å². The van der Waals surface area contributed by atoms with E-state index in [9.17, 15) is 18.0 Å². The zero-order valence-electron chi connectivity index (χ0n) is 21.1. The van der Waals surface area contributed by atoms with Crippen LogP contribution in [-0.4, -0.2) is 45.5 Å². The molecule has 5 heterocycles.